The van der Waals surface area contributed by atoms with Gasteiger partial charge in [0, 0.05) is 49.9 Å². The average Bonchev–Trinajstić information content (AvgIpc) is 3.38. The molecule has 0 radical (unpaired) electrons. The van der Waals surface area contributed by atoms with Crippen LogP contribution in [0.4, 0.5) is 0 Å². The van der Waals surface area contributed by atoms with Gasteiger partial charge in [-0.1, -0.05) is 12.1 Å². The molecule has 2 aliphatic heterocycles. The zero-order chi connectivity index (χ0) is 27.8. The van der Waals surface area contributed by atoms with Crippen molar-refractivity contribution in [1.82, 2.24) is 15.3 Å². The van der Waals surface area contributed by atoms with Gasteiger partial charge in [0.25, 0.3) is 23.6 Å². The molecule has 2 aliphatic rings. The number of amides is 5. The van der Waals surface area contributed by atoms with Crippen LogP contribution >= 0.6 is 0 Å². The number of unbranched alkanes of at least 4 members (excludes halogenated alkanes) is 1. The van der Waals surface area contributed by atoms with E-state index in [0.717, 1.165) is 17.1 Å². The van der Waals surface area contributed by atoms with Crippen molar-refractivity contribution < 1.29 is 48.3 Å². The zero-order valence-electron chi connectivity index (χ0n) is 20.2. The van der Waals surface area contributed by atoms with Crippen molar-refractivity contribution in [3.05, 3.63) is 47.5 Å². The third-order valence-corrected chi connectivity index (χ3v) is 5.84. The second-order valence-corrected chi connectivity index (χ2v) is 8.58. The molecule has 2 N–H and O–H groups in total. The van der Waals surface area contributed by atoms with Crippen LogP contribution in [-0.4, -0.2) is 74.9 Å². The van der Waals surface area contributed by atoms with Crippen LogP contribution in [0.3, 0.4) is 0 Å². The maximum absolute atomic E-state index is 12.6. The van der Waals surface area contributed by atoms with E-state index in [4.69, 9.17) is 4.84 Å². The number of carboxylic acid groups (broad SMARTS) is 1. The summed E-state index contributed by atoms with van der Waals surface area (Å²) >= 11 is 0. The Labute approximate surface area is 216 Å². The lowest BCUT2D eigenvalue weighted by molar-refractivity contribution is -0.172. The van der Waals surface area contributed by atoms with Gasteiger partial charge < -0.3 is 15.3 Å². The minimum atomic E-state index is -1.26. The summed E-state index contributed by atoms with van der Waals surface area (Å²) in [5, 5.41) is 12.1. The van der Waals surface area contributed by atoms with Crippen LogP contribution in [0.25, 0.3) is 0 Å². The number of ketones is 1. The molecule has 1 fully saturated rings. The highest BCUT2D eigenvalue weighted by Crippen LogP contribution is 2.16. The van der Waals surface area contributed by atoms with Crippen LogP contribution in [0.1, 0.15) is 65.7 Å². The molecule has 0 saturated carbocycles. The van der Waals surface area contributed by atoms with Crippen LogP contribution in [0.2, 0.25) is 0 Å². The van der Waals surface area contributed by atoms with E-state index in [2.05, 4.69) is 5.32 Å². The number of rotatable bonds is 13. The number of imide groups is 2. The Kier molecular flexibility index (Phi) is 9.19. The second kappa shape index (κ2) is 12.5. The maximum Gasteiger partial charge on any atom is 0.363 e. The molecule has 0 aliphatic carbocycles. The van der Waals surface area contributed by atoms with Crippen LogP contribution in [-0.2, 0) is 33.6 Å². The van der Waals surface area contributed by atoms with E-state index in [1.807, 2.05) is 0 Å². The molecule has 0 bridgehead atoms. The van der Waals surface area contributed by atoms with Crippen LogP contribution in [0.5, 0.6) is 0 Å². The molecule has 13 nitrogen and oxygen atoms in total. The van der Waals surface area contributed by atoms with Crippen molar-refractivity contribution in [1.29, 1.82) is 0 Å². The molecular weight excluding hydrogens is 502 g/mol. The molecule has 0 spiro atoms. The number of hydroxylamine groups is 2. The smallest absolute Gasteiger partial charge is 0.363 e. The van der Waals surface area contributed by atoms with Gasteiger partial charge >= 0.3 is 11.9 Å². The Morgan fingerprint density at radius 1 is 0.921 bits per heavy atom. The van der Waals surface area contributed by atoms with Crippen molar-refractivity contribution in [2.45, 2.75) is 51.0 Å². The number of carboxylic acids is 1. The van der Waals surface area contributed by atoms with E-state index in [-0.39, 0.29) is 49.8 Å². The van der Waals surface area contributed by atoms with Crippen molar-refractivity contribution in [3.8, 4) is 0 Å². The van der Waals surface area contributed by atoms with E-state index in [9.17, 15) is 43.5 Å². The number of aliphatic carboxylic acids is 1. The lowest BCUT2D eigenvalue weighted by atomic mass is 10.0. The summed E-state index contributed by atoms with van der Waals surface area (Å²) in [4.78, 5) is 101. The number of carbonyl (C=O) groups is 8. The van der Waals surface area contributed by atoms with E-state index in [1.54, 1.807) is 0 Å². The summed E-state index contributed by atoms with van der Waals surface area (Å²) < 4.78 is 0. The molecule has 38 heavy (non-hydrogen) atoms. The predicted molar refractivity (Wildman–Crippen MR) is 126 cm³/mol. The zero-order valence-corrected chi connectivity index (χ0v) is 20.2. The summed E-state index contributed by atoms with van der Waals surface area (Å²) in [6.07, 6.45) is 2.35. The van der Waals surface area contributed by atoms with Gasteiger partial charge in [-0.25, -0.2) is 9.59 Å². The normalized spacial score (nSPS) is 15.7. The van der Waals surface area contributed by atoms with E-state index in [1.165, 1.54) is 24.3 Å². The van der Waals surface area contributed by atoms with Gasteiger partial charge in [-0.15, -0.1) is 5.06 Å². The number of nitrogens with zero attached hydrogens (tertiary/aromatic N) is 2. The molecule has 1 aromatic carbocycles. The lowest BCUT2D eigenvalue weighted by Gasteiger charge is -2.16. The molecule has 0 unspecified atom stereocenters. The Balaban J connectivity index is 1.45. The van der Waals surface area contributed by atoms with E-state index < -0.39 is 53.3 Å². The molecule has 1 aromatic rings. The number of Topliss-reactive ketones (excluding diaryl/α,β-unsaturated/α-hetero) is 1. The number of hydrogen-bond donors (Lipinski definition) is 2. The van der Waals surface area contributed by atoms with Crippen molar-refractivity contribution >= 4 is 47.3 Å². The van der Waals surface area contributed by atoms with Gasteiger partial charge in [0.1, 0.15) is 6.04 Å². The highest BCUT2D eigenvalue weighted by atomic mass is 16.7. The standard InChI is InChI=1S/C25H25N3O10/c29-18(15-4-3-5-16(14-15)25(37)38-28-22(33)11-12-23(28)34)7-8-19(30)26-17(24(35)36)6-1-2-13-27-20(31)9-10-21(27)32/h3-5,9-10,14,17H,1-2,6-8,11-13H2,(H,26,30)(H,35,36)/t17-/m0/s1. The molecular formula is C25H25N3O10. The van der Waals surface area contributed by atoms with Crippen molar-refractivity contribution in [2.24, 2.45) is 0 Å². The SMILES string of the molecule is O=C(CCC(=O)c1cccc(C(=O)ON2C(=O)CCC2=O)c1)N[C@@H](CCCCN1C(=O)C=CC1=O)C(=O)O. The Morgan fingerprint density at radius 3 is 2.18 bits per heavy atom. The quantitative estimate of drug-likeness (QED) is 0.208. The van der Waals surface area contributed by atoms with Crippen LogP contribution < -0.4 is 5.32 Å². The van der Waals surface area contributed by atoms with Gasteiger partial charge in [0.15, 0.2) is 5.78 Å². The summed E-state index contributed by atoms with van der Waals surface area (Å²) in [7, 11) is 0. The first-order chi connectivity index (χ1) is 18.1. The highest BCUT2D eigenvalue weighted by Gasteiger charge is 2.33. The minimum Gasteiger partial charge on any atom is -0.480 e. The second-order valence-electron chi connectivity index (χ2n) is 8.58. The summed E-state index contributed by atoms with van der Waals surface area (Å²) in [6, 6.07) is 4.14. The first-order valence-electron chi connectivity index (χ1n) is 11.8. The van der Waals surface area contributed by atoms with Gasteiger partial charge in [-0.3, -0.25) is 33.7 Å². The van der Waals surface area contributed by atoms with Crippen molar-refractivity contribution in [2.75, 3.05) is 6.54 Å². The molecule has 13 heteroatoms. The van der Waals surface area contributed by atoms with Crippen LogP contribution in [0, 0.1) is 0 Å². The first-order valence-corrected chi connectivity index (χ1v) is 11.8. The van der Waals surface area contributed by atoms with E-state index in [0.29, 0.717) is 17.9 Å². The monoisotopic (exact) mass is 527 g/mol. The fourth-order valence-electron chi connectivity index (χ4n) is 3.78. The predicted octanol–water partition coefficient (Wildman–Crippen LogP) is 0.535. The third-order valence-electron chi connectivity index (χ3n) is 5.84. The first kappa shape index (κ1) is 27.9. The molecule has 1 saturated heterocycles. The lowest BCUT2D eigenvalue weighted by Crippen LogP contribution is -2.41. The van der Waals surface area contributed by atoms with Gasteiger partial charge in [0.2, 0.25) is 5.91 Å². The number of benzene rings is 1. The Morgan fingerprint density at radius 2 is 1.55 bits per heavy atom. The third kappa shape index (κ3) is 7.18. The van der Waals surface area contributed by atoms with Gasteiger partial charge in [0.05, 0.1) is 5.56 Å². The molecule has 3 rings (SSSR count). The van der Waals surface area contributed by atoms with E-state index >= 15 is 0 Å². The molecule has 1 atom stereocenters. The number of nitrogens with one attached hydrogen (secondary N) is 1. The number of hydrogen-bond acceptors (Lipinski definition) is 9. The Hall–Kier alpha value is -4.68. The molecule has 200 valence electrons. The Bertz CT molecular complexity index is 1190. The summed E-state index contributed by atoms with van der Waals surface area (Å²) in [5.74, 6) is -5.57. The molecule has 0 aromatic heterocycles. The molecule has 2 heterocycles. The summed E-state index contributed by atoms with van der Waals surface area (Å²) in [6.45, 7) is 0.136. The van der Waals surface area contributed by atoms with Crippen LogP contribution in [0.15, 0.2) is 36.4 Å². The minimum absolute atomic E-state index is 0.0604. The van der Waals surface area contributed by atoms with Crippen molar-refractivity contribution in [3.63, 3.8) is 0 Å². The topological polar surface area (TPSA) is 185 Å². The fourth-order valence-corrected chi connectivity index (χ4v) is 3.78. The highest BCUT2D eigenvalue weighted by molar-refractivity contribution is 6.12. The van der Waals surface area contributed by atoms with Gasteiger partial charge in [-0.2, -0.15) is 0 Å². The average molecular weight is 527 g/mol. The maximum atomic E-state index is 12.6. The molecule has 5 amide bonds. The largest absolute Gasteiger partial charge is 0.480 e. The summed E-state index contributed by atoms with van der Waals surface area (Å²) in [5.41, 5.74) is 0.00783. The van der Waals surface area contributed by atoms with Gasteiger partial charge in [-0.05, 0) is 31.4 Å². The number of carbonyl (C=O) groups excluding carboxylic acids is 7. The fraction of sp³-hybridized carbons (Fsp3) is 0.360.